The molecule has 0 bridgehead atoms. The van der Waals surface area contributed by atoms with Crippen LogP contribution in [-0.4, -0.2) is 43.2 Å². The molecule has 0 unspecified atom stereocenters. The molecular formula is C20H21N5O3. The summed E-state index contributed by atoms with van der Waals surface area (Å²) in [4.78, 5) is 26.4. The van der Waals surface area contributed by atoms with Gasteiger partial charge in [0.15, 0.2) is 0 Å². The van der Waals surface area contributed by atoms with Crippen LogP contribution in [0.5, 0.6) is 5.75 Å². The smallest absolute Gasteiger partial charge is 0.287 e. The van der Waals surface area contributed by atoms with Crippen LogP contribution in [0.25, 0.3) is 11.3 Å². The first kappa shape index (κ1) is 19.0. The third-order valence-electron chi connectivity index (χ3n) is 4.12. The highest BCUT2D eigenvalue weighted by Crippen LogP contribution is 2.21. The number of hydrogen-bond donors (Lipinski definition) is 3. The molecule has 3 N–H and O–H groups in total. The Hall–Kier alpha value is -3.81. The van der Waals surface area contributed by atoms with E-state index < -0.39 is 11.8 Å². The number of carbonyl (C=O) groups excluding carboxylic acids is 2. The van der Waals surface area contributed by atoms with Crippen LogP contribution in [0.1, 0.15) is 20.8 Å². The van der Waals surface area contributed by atoms with Crippen molar-refractivity contribution in [3.63, 3.8) is 0 Å². The molecule has 0 aliphatic carbocycles. The van der Waals surface area contributed by atoms with Gasteiger partial charge in [0.1, 0.15) is 11.4 Å². The van der Waals surface area contributed by atoms with Gasteiger partial charge in [-0.2, -0.15) is 5.10 Å². The van der Waals surface area contributed by atoms with Crippen LogP contribution >= 0.6 is 0 Å². The Morgan fingerprint density at radius 3 is 2.39 bits per heavy atom. The van der Waals surface area contributed by atoms with Crippen LogP contribution in [0.4, 0.5) is 5.69 Å². The number of ether oxygens (including phenoxy) is 1. The highest BCUT2D eigenvalue weighted by atomic mass is 16.5. The number of anilines is 1. The van der Waals surface area contributed by atoms with Crippen molar-refractivity contribution in [1.29, 1.82) is 0 Å². The Morgan fingerprint density at radius 1 is 1.00 bits per heavy atom. The van der Waals surface area contributed by atoms with Gasteiger partial charge in [-0.25, -0.2) is 0 Å². The lowest BCUT2D eigenvalue weighted by atomic mass is 10.1. The number of benzene rings is 2. The average Bonchev–Trinajstić information content (AvgIpc) is 3.22. The standard InChI is InChI=1S/C20H21N5O3/c1-25(2)15-6-4-5-14(11-15)19(26)23-24-20(27)18-12-17(21-22-18)13-7-9-16(28-3)10-8-13/h4-12H,1-3H3,(H,21,22)(H,23,26)(H,24,27). The number of nitrogens with zero attached hydrogens (tertiary/aromatic N) is 2. The van der Waals surface area contributed by atoms with E-state index >= 15 is 0 Å². The summed E-state index contributed by atoms with van der Waals surface area (Å²) in [5.41, 5.74) is 7.79. The zero-order chi connectivity index (χ0) is 20.1. The van der Waals surface area contributed by atoms with E-state index in [0.717, 1.165) is 17.0 Å². The molecule has 28 heavy (non-hydrogen) atoms. The number of hydrogen-bond acceptors (Lipinski definition) is 5. The van der Waals surface area contributed by atoms with Crippen LogP contribution < -0.4 is 20.5 Å². The molecule has 0 radical (unpaired) electrons. The minimum Gasteiger partial charge on any atom is -0.497 e. The molecule has 1 heterocycles. The first-order valence-electron chi connectivity index (χ1n) is 8.56. The number of aromatic nitrogens is 2. The minimum atomic E-state index is -0.496. The van der Waals surface area contributed by atoms with Crippen molar-refractivity contribution in [2.45, 2.75) is 0 Å². The summed E-state index contributed by atoms with van der Waals surface area (Å²) in [6.07, 6.45) is 0. The molecule has 0 spiro atoms. The second-order valence-electron chi connectivity index (χ2n) is 6.25. The molecule has 2 aromatic carbocycles. The Bertz CT molecular complexity index is 980. The van der Waals surface area contributed by atoms with Gasteiger partial charge in [-0.15, -0.1) is 0 Å². The number of H-pyrrole nitrogens is 1. The number of amides is 2. The molecule has 0 atom stereocenters. The lowest BCUT2D eigenvalue weighted by Gasteiger charge is -2.13. The summed E-state index contributed by atoms with van der Waals surface area (Å²) in [6.45, 7) is 0. The van der Waals surface area contributed by atoms with Crippen molar-refractivity contribution in [3.05, 3.63) is 65.9 Å². The molecule has 0 aliphatic heterocycles. The van der Waals surface area contributed by atoms with Crippen molar-refractivity contribution < 1.29 is 14.3 Å². The molecule has 1 aromatic heterocycles. The maximum Gasteiger partial charge on any atom is 0.287 e. The summed E-state index contributed by atoms with van der Waals surface area (Å²) in [5, 5.41) is 6.80. The Kier molecular flexibility index (Phi) is 5.59. The van der Waals surface area contributed by atoms with Gasteiger partial charge in [0, 0.05) is 30.9 Å². The van der Waals surface area contributed by atoms with Gasteiger partial charge in [-0.3, -0.25) is 25.5 Å². The highest BCUT2D eigenvalue weighted by molar-refractivity contribution is 5.99. The normalized spacial score (nSPS) is 10.2. The molecule has 0 aliphatic rings. The maximum atomic E-state index is 12.3. The summed E-state index contributed by atoms with van der Waals surface area (Å²) >= 11 is 0. The fourth-order valence-corrected chi connectivity index (χ4v) is 2.53. The van der Waals surface area contributed by atoms with E-state index in [0.29, 0.717) is 11.3 Å². The van der Waals surface area contributed by atoms with E-state index in [1.807, 2.05) is 49.3 Å². The SMILES string of the molecule is COc1ccc(-c2cc(C(=O)NNC(=O)c3cccc(N(C)C)c3)[nH]n2)cc1. The molecule has 0 saturated heterocycles. The van der Waals surface area contributed by atoms with Gasteiger partial charge in [-0.05, 0) is 48.5 Å². The molecule has 8 nitrogen and oxygen atoms in total. The Morgan fingerprint density at radius 2 is 1.71 bits per heavy atom. The molecule has 0 fully saturated rings. The molecule has 0 saturated carbocycles. The molecule has 8 heteroatoms. The van der Waals surface area contributed by atoms with Crippen molar-refractivity contribution >= 4 is 17.5 Å². The number of aromatic amines is 1. The van der Waals surface area contributed by atoms with E-state index in [1.165, 1.54) is 0 Å². The van der Waals surface area contributed by atoms with Gasteiger partial charge in [0.25, 0.3) is 11.8 Å². The number of rotatable bonds is 5. The fraction of sp³-hybridized carbons (Fsp3) is 0.150. The van der Waals surface area contributed by atoms with E-state index in [4.69, 9.17) is 4.74 Å². The molecule has 2 amide bonds. The first-order valence-corrected chi connectivity index (χ1v) is 8.56. The monoisotopic (exact) mass is 379 g/mol. The average molecular weight is 379 g/mol. The Balaban J connectivity index is 1.63. The minimum absolute atomic E-state index is 0.230. The zero-order valence-electron chi connectivity index (χ0n) is 15.8. The Labute approximate surface area is 162 Å². The quantitative estimate of drug-likeness (QED) is 0.591. The second kappa shape index (κ2) is 8.26. The van der Waals surface area contributed by atoms with Gasteiger partial charge in [-0.1, -0.05) is 6.07 Å². The highest BCUT2D eigenvalue weighted by Gasteiger charge is 2.13. The van der Waals surface area contributed by atoms with Gasteiger partial charge in [0.2, 0.25) is 0 Å². The van der Waals surface area contributed by atoms with Crippen LogP contribution in [0, 0.1) is 0 Å². The number of methoxy groups -OCH3 is 1. The van der Waals surface area contributed by atoms with Crippen LogP contribution in [-0.2, 0) is 0 Å². The largest absolute Gasteiger partial charge is 0.497 e. The van der Waals surface area contributed by atoms with Crippen LogP contribution in [0.2, 0.25) is 0 Å². The lowest BCUT2D eigenvalue weighted by Crippen LogP contribution is -2.41. The summed E-state index contributed by atoms with van der Waals surface area (Å²) in [7, 11) is 5.37. The predicted octanol–water partition coefficient (Wildman–Crippen LogP) is 2.23. The number of nitrogens with one attached hydrogen (secondary N) is 3. The first-order chi connectivity index (χ1) is 13.5. The fourth-order valence-electron chi connectivity index (χ4n) is 2.53. The van der Waals surface area contributed by atoms with Crippen molar-refractivity contribution in [3.8, 4) is 17.0 Å². The summed E-state index contributed by atoms with van der Waals surface area (Å²) < 4.78 is 5.12. The van der Waals surface area contributed by atoms with E-state index in [2.05, 4.69) is 21.0 Å². The third-order valence-corrected chi connectivity index (χ3v) is 4.12. The van der Waals surface area contributed by atoms with E-state index in [9.17, 15) is 9.59 Å². The molecular weight excluding hydrogens is 358 g/mol. The van der Waals surface area contributed by atoms with E-state index in [-0.39, 0.29) is 5.69 Å². The molecule has 3 rings (SSSR count). The van der Waals surface area contributed by atoms with Crippen LogP contribution in [0.15, 0.2) is 54.6 Å². The lowest BCUT2D eigenvalue weighted by molar-refractivity contribution is 0.0844. The third kappa shape index (κ3) is 4.29. The maximum absolute atomic E-state index is 12.3. The van der Waals surface area contributed by atoms with Crippen LogP contribution in [0.3, 0.4) is 0 Å². The summed E-state index contributed by atoms with van der Waals surface area (Å²) in [6, 6.07) is 16.0. The van der Waals surface area contributed by atoms with Gasteiger partial charge < -0.3 is 9.64 Å². The number of carbonyl (C=O) groups is 2. The predicted molar refractivity (Wildman–Crippen MR) is 106 cm³/mol. The zero-order valence-corrected chi connectivity index (χ0v) is 15.8. The topological polar surface area (TPSA) is 99.4 Å². The van der Waals surface area contributed by atoms with Gasteiger partial charge >= 0.3 is 0 Å². The number of hydrazine groups is 1. The van der Waals surface area contributed by atoms with E-state index in [1.54, 1.807) is 31.4 Å². The van der Waals surface area contributed by atoms with Crippen molar-refractivity contribution in [1.82, 2.24) is 21.0 Å². The van der Waals surface area contributed by atoms with Gasteiger partial charge in [0.05, 0.1) is 12.8 Å². The molecule has 144 valence electrons. The summed E-state index contributed by atoms with van der Waals surface area (Å²) in [5.74, 6) is -0.172. The van der Waals surface area contributed by atoms with Crippen molar-refractivity contribution in [2.75, 3.05) is 26.1 Å². The second-order valence-corrected chi connectivity index (χ2v) is 6.25. The molecule has 3 aromatic rings. The van der Waals surface area contributed by atoms with Crippen molar-refractivity contribution in [2.24, 2.45) is 0 Å².